The number of nitrogen functional groups attached to an aromatic ring is 1. The molecule has 1 aromatic heterocycles. The molecule has 1 amide bonds. The van der Waals surface area contributed by atoms with Crippen molar-refractivity contribution in [3.05, 3.63) is 11.4 Å². The SMILES string of the molecule is CCOC(=O)C1CCN(C(=O)c2n[nH]c(C)c2N)CC1. The van der Waals surface area contributed by atoms with Gasteiger partial charge in [0.15, 0.2) is 5.69 Å². The Balaban J connectivity index is 1.95. The van der Waals surface area contributed by atoms with Crippen LogP contribution in [-0.4, -0.2) is 46.7 Å². The van der Waals surface area contributed by atoms with Gasteiger partial charge >= 0.3 is 5.97 Å². The number of rotatable bonds is 3. The Morgan fingerprint density at radius 1 is 1.45 bits per heavy atom. The van der Waals surface area contributed by atoms with Crippen molar-refractivity contribution in [2.45, 2.75) is 26.7 Å². The lowest BCUT2D eigenvalue weighted by molar-refractivity contribution is -0.149. The van der Waals surface area contributed by atoms with Crippen LogP contribution in [0, 0.1) is 12.8 Å². The van der Waals surface area contributed by atoms with E-state index in [0.717, 1.165) is 0 Å². The standard InChI is InChI=1S/C13H20N4O3/c1-3-20-13(19)9-4-6-17(7-5-9)12(18)11-10(14)8(2)15-16-11/h9H,3-7,14H2,1-2H3,(H,15,16). The minimum atomic E-state index is -0.186. The lowest BCUT2D eigenvalue weighted by Gasteiger charge is -2.30. The number of nitrogens with one attached hydrogen (secondary N) is 1. The van der Waals surface area contributed by atoms with Crippen molar-refractivity contribution in [2.24, 2.45) is 5.92 Å². The van der Waals surface area contributed by atoms with E-state index in [1.54, 1.807) is 18.7 Å². The molecule has 0 saturated carbocycles. The van der Waals surface area contributed by atoms with Crippen LogP contribution in [-0.2, 0) is 9.53 Å². The maximum Gasteiger partial charge on any atom is 0.309 e. The lowest BCUT2D eigenvalue weighted by Crippen LogP contribution is -2.41. The second-order valence-corrected chi connectivity index (χ2v) is 4.93. The number of amides is 1. The summed E-state index contributed by atoms with van der Waals surface area (Å²) < 4.78 is 5.00. The van der Waals surface area contributed by atoms with Crippen molar-refractivity contribution in [1.82, 2.24) is 15.1 Å². The van der Waals surface area contributed by atoms with E-state index in [0.29, 0.717) is 43.9 Å². The zero-order chi connectivity index (χ0) is 14.7. The molecule has 1 aliphatic heterocycles. The van der Waals surface area contributed by atoms with Gasteiger partial charge in [0, 0.05) is 13.1 Å². The Morgan fingerprint density at radius 3 is 2.60 bits per heavy atom. The highest BCUT2D eigenvalue weighted by Crippen LogP contribution is 2.22. The summed E-state index contributed by atoms with van der Waals surface area (Å²) >= 11 is 0. The Labute approximate surface area is 117 Å². The molecule has 1 aromatic rings. The zero-order valence-electron chi connectivity index (χ0n) is 11.8. The molecule has 7 heteroatoms. The van der Waals surface area contributed by atoms with Gasteiger partial charge in [-0.1, -0.05) is 0 Å². The van der Waals surface area contributed by atoms with Crippen LogP contribution in [0.15, 0.2) is 0 Å². The molecule has 0 radical (unpaired) electrons. The number of aromatic nitrogens is 2. The molecule has 1 fully saturated rings. The average Bonchev–Trinajstić information content (AvgIpc) is 2.79. The highest BCUT2D eigenvalue weighted by Gasteiger charge is 2.30. The minimum absolute atomic E-state index is 0.114. The van der Waals surface area contributed by atoms with Gasteiger partial charge in [0.25, 0.3) is 5.91 Å². The van der Waals surface area contributed by atoms with Gasteiger partial charge in [0.1, 0.15) is 0 Å². The number of nitrogens with two attached hydrogens (primary N) is 1. The van der Waals surface area contributed by atoms with Crippen LogP contribution >= 0.6 is 0 Å². The first kappa shape index (κ1) is 14.4. The molecule has 1 aliphatic rings. The van der Waals surface area contributed by atoms with Gasteiger partial charge in [-0.05, 0) is 26.7 Å². The molecule has 3 N–H and O–H groups in total. The first-order chi connectivity index (χ1) is 9.54. The first-order valence-corrected chi connectivity index (χ1v) is 6.81. The third-order valence-corrected chi connectivity index (χ3v) is 3.60. The minimum Gasteiger partial charge on any atom is -0.466 e. The first-order valence-electron chi connectivity index (χ1n) is 6.81. The van der Waals surface area contributed by atoms with Gasteiger partial charge < -0.3 is 15.4 Å². The van der Waals surface area contributed by atoms with Crippen molar-refractivity contribution in [3.8, 4) is 0 Å². The number of carbonyl (C=O) groups is 2. The molecule has 7 nitrogen and oxygen atoms in total. The monoisotopic (exact) mass is 280 g/mol. The molecule has 0 unspecified atom stereocenters. The fraction of sp³-hybridized carbons (Fsp3) is 0.615. The number of H-pyrrole nitrogens is 1. The van der Waals surface area contributed by atoms with Crippen molar-refractivity contribution < 1.29 is 14.3 Å². The van der Waals surface area contributed by atoms with Gasteiger partial charge in [-0.2, -0.15) is 5.10 Å². The van der Waals surface area contributed by atoms with E-state index in [2.05, 4.69) is 10.2 Å². The quantitative estimate of drug-likeness (QED) is 0.794. The predicted molar refractivity (Wildman–Crippen MR) is 73.0 cm³/mol. The molecular formula is C13H20N4O3. The van der Waals surface area contributed by atoms with E-state index in [1.807, 2.05) is 0 Å². The van der Waals surface area contributed by atoms with Crippen LogP contribution in [0.2, 0.25) is 0 Å². The smallest absolute Gasteiger partial charge is 0.309 e. The van der Waals surface area contributed by atoms with Gasteiger partial charge in [0.2, 0.25) is 0 Å². The van der Waals surface area contributed by atoms with Crippen LogP contribution in [0.5, 0.6) is 0 Å². The van der Waals surface area contributed by atoms with E-state index in [-0.39, 0.29) is 23.5 Å². The number of aryl methyl sites for hydroxylation is 1. The van der Waals surface area contributed by atoms with Crippen molar-refractivity contribution in [3.63, 3.8) is 0 Å². The Bertz CT molecular complexity index is 504. The summed E-state index contributed by atoms with van der Waals surface area (Å²) in [5, 5.41) is 6.65. The number of nitrogens with zero attached hydrogens (tertiary/aromatic N) is 2. The molecule has 2 rings (SSSR count). The van der Waals surface area contributed by atoms with Crippen LogP contribution in [0.3, 0.4) is 0 Å². The van der Waals surface area contributed by atoms with Crippen LogP contribution in [0.1, 0.15) is 35.9 Å². The average molecular weight is 280 g/mol. The van der Waals surface area contributed by atoms with Gasteiger partial charge in [-0.15, -0.1) is 0 Å². The summed E-state index contributed by atoms with van der Waals surface area (Å²) in [7, 11) is 0. The summed E-state index contributed by atoms with van der Waals surface area (Å²) in [6.07, 6.45) is 1.24. The Morgan fingerprint density at radius 2 is 2.10 bits per heavy atom. The van der Waals surface area contributed by atoms with Crippen molar-refractivity contribution >= 4 is 17.6 Å². The summed E-state index contributed by atoms with van der Waals surface area (Å²) in [5.74, 6) is -0.471. The Kier molecular flexibility index (Phi) is 4.26. The molecule has 0 aliphatic carbocycles. The second-order valence-electron chi connectivity index (χ2n) is 4.93. The molecule has 0 aromatic carbocycles. The van der Waals surface area contributed by atoms with Crippen LogP contribution < -0.4 is 5.73 Å². The van der Waals surface area contributed by atoms with E-state index in [9.17, 15) is 9.59 Å². The molecule has 1 saturated heterocycles. The fourth-order valence-electron chi connectivity index (χ4n) is 2.33. The predicted octanol–water partition coefficient (Wildman–Crippen LogP) is 0.716. The van der Waals surface area contributed by atoms with E-state index < -0.39 is 0 Å². The summed E-state index contributed by atoms with van der Waals surface area (Å²) in [5.41, 5.74) is 7.15. The number of piperidine rings is 1. The largest absolute Gasteiger partial charge is 0.466 e. The number of ether oxygens (including phenoxy) is 1. The molecule has 0 bridgehead atoms. The maximum atomic E-state index is 12.3. The van der Waals surface area contributed by atoms with E-state index in [4.69, 9.17) is 10.5 Å². The molecule has 0 spiro atoms. The normalized spacial score (nSPS) is 16.2. The van der Waals surface area contributed by atoms with E-state index in [1.165, 1.54) is 0 Å². The molecule has 20 heavy (non-hydrogen) atoms. The third-order valence-electron chi connectivity index (χ3n) is 3.60. The topological polar surface area (TPSA) is 101 Å². The highest BCUT2D eigenvalue weighted by molar-refractivity contribution is 5.97. The number of anilines is 1. The molecule has 110 valence electrons. The van der Waals surface area contributed by atoms with Gasteiger partial charge in [0.05, 0.1) is 23.9 Å². The van der Waals surface area contributed by atoms with Gasteiger partial charge in [-0.3, -0.25) is 14.7 Å². The molecule has 0 atom stereocenters. The summed E-state index contributed by atoms with van der Waals surface area (Å²) in [4.78, 5) is 25.6. The van der Waals surface area contributed by atoms with Crippen molar-refractivity contribution in [1.29, 1.82) is 0 Å². The van der Waals surface area contributed by atoms with Gasteiger partial charge in [-0.25, -0.2) is 0 Å². The second kappa shape index (κ2) is 5.94. The zero-order valence-corrected chi connectivity index (χ0v) is 11.8. The highest BCUT2D eigenvalue weighted by atomic mass is 16.5. The lowest BCUT2D eigenvalue weighted by atomic mass is 9.97. The Hall–Kier alpha value is -2.05. The van der Waals surface area contributed by atoms with Crippen molar-refractivity contribution in [2.75, 3.05) is 25.4 Å². The number of likely N-dealkylation sites (tertiary alicyclic amines) is 1. The molecular weight excluding hydrogens is 260 g/mol. The van der Waals surface area contributed by atoms with Crippen LogP contribution in [0.4, 0.5) is 5.69 Å². The maximum absolute atomic E-state index is 12.3. The van der Waals surface area contributed by atoms with E-state index >= 15 is 0 Å². The number of carbonyl (C=O) groups excluding carboxylic acids is 2. The number of aromatic amines is 1. The number of hydrogen-bond acceptors (Lipinski definition) is 5. The third kappa shape index (κ3) is 2.76. The summed E-state index contributed by atoms with van der Waals surface area (Å²) in [6.45, 7) is 4.99. The van der Waals surface area contributed by atoms with Crippen LogP contribution in [0.25, 0.3) is 0 Å². The number of hydrogen-bond donors (Lipinski definition) is 2. The number of esters is 1. The molecule has 2 heterocycles. The fourth-order valence-corrected chi connectivity index (χ4v) is 2.33. The summed E-state index contributed by atoms with van der Waals surface area (Å²) in [6, 6.07) is 0.